The average Bonchev–Trinajstić information content (AvgIpc) is 3.17. The second kappa shape index (κ2) is 5.85. The molecule has 8 heteroatoms. The van der Waals surface area contributed by atoms with Gasteiger partial charge in [0.1, 0.15) is 5.75 Å². The van der Waals surface area contributed by atoms with Gasteiger partial charge in [-0.15, -0.1) is 0 Å². The van der Waals surface area contributed by atoms with Crippen LogP contribution in [0.2, 0.25) is 0 Å². The van der Waals surface area contributed by atoms with Gasteiger partial charge in [0.2, 0.25) is 15.3 Å². The molecule has 0 aliphatic carbocycles. The molecule has 2 aliphatic rings. The number of nitrogens with zero attached hydrogens (tertiary/aromatic N) is 1. The minimum Gasteiger partial charge on any atom is -0.493 e. The number of aliphatic imine (C=N–C) groups is 1. The number of nitrogens with one attached hydrogen (secondary N) is 1. The van der Waals surface area contributed by atoms with Gasteiger partial charge >= 0.3 is 0 Å². The monoisotopic (exact) mass is 390 g/mol. The molecule has 1 amide bonds. The number of amides is 1. The second-order valence-corrected chi connectivity index (χ2v) is 12.7. The molecule has 4 rings (SSSR count). The lowest BCUT2D eigenvalue weighted by Crippen LogP contribution is -2.27. The molecule has 26 heavy (non-hydrogen) atoms. The fraction of sp³-hybridized carbons (Fsp3) is 0.222. The Labute approximate surface area is 153 Å². The number of fused-ring (bicyclic) bond motifs is 2. The molecule has 1 N–H and O–H groups in total. The summed E-state index contributed by atoms with van der Waals surface area (Å²) in [4.78, 5) is 16.3. The summed E-state index contributed by atoms with van der Waals surface area (Å²) in [6.07, 6.45) is 0.440. The molecule has 0 aromatic heterocycles. The summed E-state index contributed by atoms with van der Waals surface area (Å²) < 4.78 is 35.7. The maximum absolute atomic E-state index is 13.7. The van der Waals surface area contributed by atoms with Crippen LogP contribution < -0.4 is 9.46 Å². The van der Waals surface area contributed by atoms with Crippen molar-refractivity contribution in [1.29, 1.82) is 0 Å². The molecule has 0 saturated heterocycles. The Kier molecular flexibility index (Phi) is 3.85. The van der Waals surface area contributed by atoms with Crippen LogP contribution in [0.25, 0.3) is 0 Å². The molecule has 2 atom stereocenters. The van der Waals surface area contributed by atoms with E-state index >= 15 is 0 Å². The highest BCUT2D eigenvalue weighted by Gasteiger charge is 2.45. The van der Waals surface area contributed by atoms with Crippen LogP contribution in [0.15, 0.2) is 51.2 Å². The van der Waals surface area contributed by atoms with E-state index in [-0.39, 0.29) is 10.8 Å². The Hall–Kier alpha value is -2.32. The molecule has 2 aromatic carbocycles. The summed E-state index contributed by atoms with van der Waals surface area (Å²) in [5.74, 6) is 0.843. The first-order chi connectivity index (χ1) is 12.4. The zero-order valence-corrected chi connectivity index (χ0v) is 15.9. The number of rotatable bonds is 4. The van der Waals surface area contributed by atoms with Crippen LogP contribution in [0.5, 0.6) is 5.75 Å². The van der Waals surface area contributed by atoms with E-state index in [9.17, 15) is 13.2 Å². The topological polar surface area (TPSA) is 84.8 Å². The molecule has 2 heterocycles. The Morgan fingerprint density at radius 1 is 1.31 bits per heavy atom. The van der Waals surface area contributed by atoms with Gasteiger partial charge in [-0.25, -0.2) is 13.4 Å². The van der Waals surface area contributed by atoms with Crippen molar-refractivity contribution in [3.05, 3.63) is 47.5 Å². The van der Waals surface area contributed by atoms with Gasteiger partial charge in [0.15, 0.2) is 0 Å². The molecular formula is C18H18N2O4S2. The Morgan fingerprint density at radius 2 is 2.08 bits per heavy atom. The first-order valence-electron chi connectivity index (χ1n) is 8.10. The molecule has 0 bridgehead atoms. The fourth-order valence-corrected chi connectivity index (χ4v) is 9.70. The molecule has 0 saturated carbocycles. The maximum atomic E-state index is 13.7. The molecule has 0 fully saturated rings. The largest absolute Gasteiger partial charge is 0.493 e. The van der Waals surface area contributed by atoms with Crippen molar-refractivity contribution < 1.29 is 17.9 Å². The number of benzene rings is 2. The smallest absolute Gasteiger partial charge is 0.237 e. The van der Waals surface area contributed by atoms with Gasteiger partial charge in [0.05, 0.1) is 27.6 Å². The van der Waals surface area contributed by atoms with Crippen LogP contribution in [0.3, 0.4) is 0 Å². The van der Waals surface area contributed by atoms with Gasteiger partial charge < -0.3 is 9.46 Å². The maximum Gasteiger partial charge on any atom is 0.237 e. The molecule has 0 radical (unpaired) electrons. The highest BCUT2D eigenvalue weighted by atomic mass is 33.2. The Bertz CT molecular complexity index is 1050. The van der Waals surface area contributed by atoms with Crippen LogP contribution >= 0.6 is 9.25 Å². The van der Waals surface area contributed by atoms with Crippen molar-refractivity contribution in [1.82, 2.24) is 4.72 Å². The highest BCUT2D eigenvalue weighted by Crippen LogP contribution is 2.64. The summed E-state index contributed by atoms with van der Waals surface area (Å²) >= 11 is 0. The van der Waals surface area contributed by atoms with E-state index < -0.39 is 18.1 Å². The van der Waals surface area contributed by atoms with Gasteiger partial charge in [0.25, 0.3) is 0 Å². The standard InChI is InChI=1S/C18H18N2O4S2/c1-12-7-16-14(13(2)9-24-16)8-18(12)26(22,23)25(20-10-21)11-19-15-5-3-4-6-17(15)25/h3-8,10-11,13H,9H2,1-2H3,(H,20,21). The highest BCUT2D eigenvalue weighted by molar-refractivity contribution is 8.95. The summed E-state index contributed by atoms with van der Waals surface area (Å²) in [6, 6.07) is 10.4. The van der Waals surface area contributed by atoms with E-state index in [0.29, 0.717) is 29.2 Å². The minimum atomic E-state index is -3.92. The summed E-state index contributed by atoms with van der Waals surface area (Å²) in [5, 5.41) is 0. The van der Waals surface area contributed by atoms with E-state index in [1.54, 1.807) is 43.3 Å². The first-order valence-corrected chi connectivity index (χ1v) is 11.8. The van der Waals surface area contributed by atoms with Crippen molar-refractivity contribution in [2.75, 3.05) is 6.61 Å². The number of carbonyl (C=O) groups excluding carboxylic acids is 1. The van der Waals surface area contributed by atoms with E-state index in [4.69, 9.17) is 4.74 Å². The van der Waals surface area contributed by atoms with Gasteiger partial charge in [-0.1, -0.05) is 19.1 Å². The van der Waals surface area contributed by atoms with Crippen molar-refractivity contribution >= 4 is 35.8 Å². The lowest BCUT2D eigenvalue weighted by molar-refractivity contribution is -0.107. The molecule has 6 nitrogen and oxygen atoms in total. The Balaban J connectivity index is 1.96. The van der Waals surface area contributed by atoms with Crippen LogP contribution in [-0.4, -0.2) is 27.0 Å². The number of carbonyl (C=O) groups is 1. The quantitative estimate of drug-likeness (QED) is 0.641. The van der Waals surface area contributed by atoms with E-state index in [2.05, 4.69) is 9.71 Å². The molecule has 0 spiro atoms. The fourth-order valence-electron chi connectivity index (χ4n) is 3.31. The minimum absolute atomic E-state index is 0.120. The van der Waals surface area contributed by atoms with Crippen LogP contribution in [0, 0.1) is 6.92 Å². The van der Waals surface area contributed by atoms with Crippen molar-refractivity contribution in [3.8, 4) is 5.75 Å². The summed E-state index contributed by atoms with van der Waals surface area (Å²) in [7, 11) is -6.75. The first kappa shape index (κ1) is 17.1. The van der Waals surface area contributed by atoms with E-state index in [1.807, 2.05) is 6.92 Å². The normalized spacial score (nSPS) is 25.7. The number of aryl methyl sites for hydroxylation is 1. The molecule has 136 valence electrons. The van der Waals surface area contributed by atoms with Crippen molar-refractivity contribution in [3.63, 3.8) is 0 Å². The third-order valence-electron chi connectivity index (χ3n) is 4.70. The van der Waals surface area contributed by atoms with Gasteiger partial charge in [-0.2, -0.15) is 0 Å². The SMILES string of the molecule is Cc1cc2c(cc1S(=O)(=O)S1(NC=O)C=Nc3ccccc31)C(C)CO2. The van der Waals surface area contributed by atoms with Gasteiger partial charge in [0, 0.05) is 20.7 Å². The predicted octanol–water partition coefficient (Wildman–Crippen LogP) is 3.38. The van der Waals surface area contributed by atoms with E-state index in [1.165, 1.54) is 5.55 Å². The average molecular weight is 390 g/mol. The van der Waals surface area contributed by atoms with Crippen molar-refractivity contribution in [2.45, 2.75) is 29.6 Å². The summed E-state index contributed by atoms with van der Waals surface area (Å²) in [6.45, 7) is 4.27. The predicted molar refractivity (Wildman–Crippen MR) is 102 cm³/mol. The lowest BCUT2D eigenvalue weighted by Gasteiger charge is -2.32. The number of hydrogen-bond acceptors (Lipinski definition) is 5. The van der Waals surface area contributed by atoms with Crippen LogP contribution in [0.4, 0.5) is 5.69 Å². The number of para-hydroxylation sites is 1. The Morgan fingerprint density at radius 3 is 2.85 bits per heavy atom. The molecule has 2 aromatic rings. The molecule has 2 aliphatic heterocycles. The molecular weight excluding hydrogens is 372 g/mol. The lowest BCUT2D eigenvalue weighted by atomic mass is 10.0. The number of hydrogen-bond donors (Lipinski definition) is 1. The van der Waals surface area contributed by atoms with E-state index in [0.717, 1.165) is 11.3 Å². The third kappa shape index (κ3) is 2.22. The number of ether oxygens (including phenoxy) is 1. The third-order valence-corrected chi connectivity index (χ3v) is 11.9. The van der Waals surface area contributed by atoms with Crippen LogP contribution in [0.1, 0.15) is 24.0 Å². The zero-order chi connectivity index (χ0) is 18.5. The van der Waals surface area contributed by atoms with Crippen LogP contribution in [-0.2, 0) is 13.7 Å². The second-order valence-electron chi connectivity index (χ2n) is 6.36. The van der Waals surface area contributed by atoms with Gasteiger partial charge in [-0.05, 0) is 36.8 Å². The summed E-state index contributed by atoms with van der Waals surface area (Å²) in [5.41, 5.74) is 3.41. The van der Waals surface area contributed by atoms with Gasteiger partial charge in [-0.3, -0.25) is 4.79 Å². The zero-order valence-electron chi connectivity index (χ0n) is 14.3. The molecule has 2 unspecified atom stereocenters. The van der Waals surface area contributed by atoms with Crippen molar-refractivity contribution in [2.24, 2.45) is 4.99 Å².